The van der Waals surface area contributed by atoms with Crippen LogP contribution in [-0.4, -0.2) is 16.1 Å². The van der Waals surface area contributed by atoms with Crippen LogP contribution >= 0.6 is 11.6 Å². The highest BCUT2D eigenvalue weighted by Crippen LogP contribution is 2.36. The molecule has 25 heavy (non-hydrogen) atoms. The van der Waals surface area contributed by atoms with Crippen molar-refractivity contribution in [1.29, 1.82) is 0 Å². The molecule has 0 aliphatic heterocycles. The Hall–Kier alpha value is -2.38. The molecule has 4 nitrogen and oxygen atoms in total. The molecule has 0 radical (unpaired) electrons. The minimum absolute atomic E-state index is 0.00601. The first-order valence-electron chi connectivity index (χ1n) is 7.00. The van der Waals surface area contributed by atoms with Crippen LogP contribution in [0.3, 0.4) is 0 Å². The Kier molecular flexibility index (Phi) is 5.81. The van der Waals surface area contributed by atoms with Gasteiger partial charge in [-0.3, -0.25) is 4.98 Å². The highest BCUT2D eigenvalue weighted by atomic mass is 35.5. The molecule has 1 aromatic heterocycles. The van der Waals surface area contributed by atoms with Gasteiger partial charge in [0.15, 0.2) is 0 Å². The Balaban J connectivity index is 2.06. The highest BCUT2D eigenvalue weighted by molar-refractivity contribution is 6.32. The molecule has 0 aliphatic rings. The summed E-state index contributed by atoms with van der Waals surface area (Å²) in [4.78, 5) is 15.8. The molecule has 0 saturated carbocycles. The molecule has 0 aliphatic carbocycles. The van der Waals surface area contributed by atoms with Crippen LogP contribution in [0, 0.1) is 0 Å². The van der Waals surface area contributed by atoms with E-state index in [2.05, 4.69) is 11.6 Å². The minimum Gasteiger partial charge on any atom is -0.457 e. The fourth-order valence-electron chi connectivity index (χ4n) is 2.00. The van der Waals surface area contributed by atoms with E-state index in [9.17, 15) is 23.1 Å². The number of esters is 1. The molecule has 132 valence electrons. The Morgan fingerprint density at radius 1 is 1.32 bits per heavy atom. The number of carbonyl (C=O) groups excluding carboxylic acids is 1. The van der Waals surface area contributed by atoms with Crippen LogP contribution in [0.4, 0.5) is 13.2 Å². The smallest absolute Gasteiger partial charge is 0.417 e. The lowest BCUT2D eigenvalue weighted by Gasteiger charge is -2.15. The average molecular weight is 372 g/mol. The number of hydrogen-bond donors (Lipinski definition) is 1. The molecule has 0 saturated heterocycles. The lowest BCUT2D eigenvalue weighted by atomic mass is 10.1. The van der Waals surface area contributed by atoms with E-state index in [1.54, 1.807) is 12.1 Å². The molecule has 2 aromatic rings. The summed E-state index contributed by atoms with van der Waals surface area (Å²) in [5.74, 6) is -0.954. The van der Waals surface area contributed by atoms with E-state index in [4.69, 9.17) is 16.3 Å². The molecule has 8 heteroatoms. The van der Waals surface area contributed by atoms with Crippen LogP contribution in [0.1, 0.15) is 22.8 Å². The number of carbonyl (C=O) groups is 1. The highest BCUT2D eigenvalue weighted by Gasteiger charge is 2.34. The average Bonchev–Trinajstić information content (AvgIpc) is 2.59. The molecular formula is C17H13ClF3NO3. The summed E-state index contributed by atoms with van der Waals surface area (Å²) in [5.41, 5.74) is -0.955. The third-order valence-corrected chi connectivity index (χ3v) is 3.78. The predicted molar refractivity (Wildman–Crippen MR) is 84.6 cm³/mol. The molecule has 1 heterocycles. The number of ether oxygens (including phenoxy) is 1. The Morgan fingerprint density at radius 3 is 2.64 bits per heavy atom. The van der Waals surface area contributed by atoms with Crippen molar-refractivity contribution in [2.75, 3.05) is 0 Å². The molecule has 1 unspecified atom stereocenters. The molecule has 0 bridgehead atoms. The maximum absolute atomic E-state index is 12.8. The van der Waals surface area contributed by atoms with E-state index in [1.807, 2.05) is 0 Å². The Morgan fingerprint density at radius 2 is 2.04 bits per heavy atom. The van der Waals surface area contributed by atoms with Gasteiger partial charge in [-0.2, -0.15) is 13.2 Å². The maximum Gasteiger partial charge on any atom is 0.417 e. The SMILES string of the molecule is C=C(C(=O)OCc1cccc(C(F)(F)F)c1Cl)C(O)c1cccnc1. The fraction of sp³-hybridized carbons (Fsp3) is 0.176. The lowest BCUT2D eigenvalue weighted by molar-refractivity contribution is -0.141. The van der Waals surface area contributed by atoms with E-state index in [1.165, 1.54) is 18.5 Å². The number of aliphatic hydroxyl groups is 1. The molecule has 0 amide bonds. The van der Waals surface area contributed by atoms with Crippen molar-refractivity contribution in [2.24, 2.45) is 0 Å². The first-order valence-corrected chi connectivity index (χ1v) is 7.38. The standard InChI is InChI=1S/C17H13ClF3NO3/c1-10(15(23)11-5-3-7-22-8-11)16(24)25-9-12-4-2-6-13(14(12)18)17(19,20)21/h2-8,15,23H,1,9H2. The van der Waals surface area contributed by atoms with Gasteiger partial charge in [0.2, 0.25) is 0 Å². The van der Waals surface area contributed by atoms with E-state index >= 15 is 0 Å². The number of hydrogen-bond acceptors (Lipinski definition) is 4. The van der Waals surface area contributed by atoms with Gasteiger partial charge in [0.25, 0.3) is 0 Å². The number of benzene rings is 1. The van der Waals surface area contributed by atoms with Crippen LogP contribution < -0.4 is 0 Å². The van der Waals surface area contributed by atoms with Gasteiger partial charge in [0.05, 0.1) is 16.2 Å². The topological polar surface area (TPSA) is 59.4 Å². The molecule has 0 spiro atoms. The number of nitrogens with zero attached hydrogens (tertiary/aromatic N) is 1. The third kappa shape index (κ3) is 4.58. The predicted octanol–water partition coefficient (Wildman–Crippen LogP) is 4.09. The van der Waals surface area contributed by atoms with Gasteiger partial charge < -0.3 is 9.84 Å². The van der Waals surface area contributed by atoms with Crippen LogP contribution in [0.5, 0.6) is 0 Å². The molecular weight excluding hydrogens is 359 g/mol. The molecule has 1 atom stereocenters. The van der Waals surface area contributed by atoms with Gasteiger partial charge in [-0.05, 0) is 12.1 Å². The van der Waals surface area contributed by atoms with Gasteiger partial charge in [-0.1, -0.05) is 36.4 Å². The van der Waals surface area contributed by atoms with Gasteiger partial charge in [-0.25, -0.2) is 4.79 Å². The van der Waals surface area contributed by atoms with E-state index in [0.717, 1.165) is 12.1 Å². The second kappa shape index (κ2) is 7.67. The second-order valence-electron chi connectivity index (χ2n) is 5.07. The number of aromatic nitrogens is 1. The van der Waals surface area contributed by atoms with Crippen molar-refractivity contribution in [1.82, 2.24) is 4.98 Å². The van der Waals surface area contributed by atoms with Crippen molar-refractivity contribution in [3.05, 3.63) is 76.6 Å². The van der Waals surface area contributed by atoms with Crippen molar-refractivity contribution in [3.63, 3.8) is 0 Å². The first kappa shape index (κ1) is 19.0. The van der Waals surface area contributed by atoms with Gasteiger partial charge in [-0.15, -0.1) is 0 Å². The number of halogens is 4. The zero-order chi connectivity index (χ0) is 18.6. The second-order valence-corrected chi connectivity index (χ2v) is 5.44. The summed E-state index contributed by atoms with van der Waals surface area (Å²) >= 11 is 5.72. The summed E-state index contributed by atoms with van der Waals surface area (Å²) in [6.45, 7) is 2.97. The van der Waals surface area contributed by atoms with E-state index in [-0.39, 0.29) is 11.1 Å². The van der Waals surface area contributed by atoms with Crippen LogP contribution in [0.2, 0.25) is 5.02 Å². The number of pyridine rings is 1. The quantitative estimate of drug-likeness (QED) is 0.635. The van der Waals surface area contributed by atoms with Crippen LogP contribution in [-0.2, 0) is 22.3 Å². The molecule has 1 aromatic carbocycles. The minimum atomic E-state index is -4.61. The zero-order valence-electron chi connectivity index (χ0n) is 12.8. The number of rotatable bonds is 5. The third-order valence-electron chi connectivity index (χ3n) is 3.34. The number of aliphatic hydroxyl groups excluding tert-OH is 1. The maximum atomic E-state index is 12.8. The van der Waals surface area contributed by atoms with Crippen LogP contribution in [0.25, 0.3) is 0 Å². The largest absolute Gasteiger partial charge is 0.457 e. The normalized spacial score (nSPS) is 12.5. The fourth-order valence-corrected chi connectivity index (χ4v) is 2.28. The van der Waals surface area contributed by atoms with E-state index < -0.39 is 35.4 Å². The van der Waals surface area contributed by atoms with Crippen molar-refractivity contribution in [2.45, 2.75) is 18.9 Å². The van der Waals surface area contributed by atoms with Gasteiger partial charge in [0, 0.05) is 23.5 Å². The monoisotopic (exact) mass is 371 g/mol. The van der Waals surface area contributed by atoms with Crippen molar-refractivity contribution >= 4 is 17.6 Å². The summed E-state index contributed by atoms with van der Waals surface area (Å²) in [5, 5.41) is 9.51. The number of alkyl halides is 3. The molecule has 1 N–H and O–H groups in total. The summed E-state index contributed by atoms with van der Waals surface area (Å²) in [6.07, 6.45) is -3.10. The summed E-state index contributed by atoms with van der Waals surface area (Å²) in [6, 6.07) is 6.42. The summed E-state index contributed by atoms with van der Waals surface area (Å²) in [7, 11) is 0. The van der Waals surface area contributed by atoms with E-state index in [0.29, 0.717) is 5.56 Å². The van der Waals surface area contributed by atoms with Crippen molar-refractivity contribution in [3.8, 4) is 0 Å². The van der Waals surface area contributed by atoms with Crippen LogP contribution in [0.15, 0.2) is 54.9 Å². The lowest BCUT2D eigenvalue weighted by Crippen LogP contribution is -2.14. The van der Waals surface area contributed by atoms with Gasteiger partial charge >= 0.3 is 12.1 Å². The molecule has 0 fully saturated rings. The van der Waals surface area contributed by atoms with Crippen molar-refractivity contribution < 1.29 is 27.8 Å². The molecule has 2 rings (SSSR count). The van der Waals surface area contributed by atoms with Gasteiger partial charge in [0.1, 0.15) is 12.7 Å². The first-order chi connectivity index (χ1) is 11.7. The Bertz CT molecular complexity index is 778. The Labute approximate surface area is 146 Å². The summed E-state index contributed by atoms with van der Waals surface area (Å²) < 4.78 is 43.3. The zero-order valence-corrected chi connectivity index (χ0v) is 13.5.